The minimum absolute atomic E-state index is 0.149. The van der Waals surface area contributed by atoms with Crippen LogP contribution in [0.1, 0.15) is 32.1 Å². The molecular formula is C14H22N2O4. The second-order valence-corrected chi connectivity index (χ2v) is 5.51. The van der Waals surface area contributed by atoms with E-state index in [2.05, 4.69) is 22.8 Å². The number of carboxylic acid groups (broad SMARTS) is 1. The Morgan fingerprint density at radius 2 is 2.05 bits per heavy atom. The van der Waals surface area contributed by atoms with Gasteiger partial charge in [-0.2, -0.15) is 0 Å². The molecule has 1 aliphatic carbocycles. The van der Waals surface area contributed by atoms with Crippen LogP contribution in [0.2, 0.25) is 0 Å². The summed E-state index contributed by atoms with van der Waals surface area (Å²) in [6, 6.07) is -0.132. The number of carbonyl (C=O) groups is 2. The van der Waals surface area contributed by atoms with Crippen molar-refractivity contribution in [1.29, 1.82) is 0 Å². The Morgan fingerprint density at radius 3 is 2.65 bits per heavy atom. The van der Waals surface area contributed by atoms with Crippen molar-refractivity contribution in [1.82, 2.24) is 10.6 Å². The van der Waals surface area contributed by atoms with E-state index in [1.54, 1.807) is 0 Å². The second kappa shape index (κ2) is 6.74. The van der Waals surface area contributed by atoms with Crippen LogP contribution in [0.5, 0.6) is 0 Å². The molecule has 0 saturated carbocycles. The Labute approximate surface area is 118 Å². The summed E-state index contributed by atoms with van der Waals surface area (Å²) in [5, 5.41) is 15.0. The number of hydrogen-bond donors (Lipinski definition) is 3. The summed E-state index contributed by atoms with van der Waals surface area (Å²) in [5.41, 5.74) is -0.887. The molecule has 112 valence electrons. The summed E-state index contributed by atoms with van der Waals surface area (Å²) in [5.74, 6) is -0.860. The van der Waals surface area contributed by atoms with Gasteiger partial charge in [0.05, 0.1) is 5.41 Å². The number of allylic oxidation sites excluding steroid dienone is 1. The van der Waals surface area contributed by atoms with Gasteiger partial charge in [-0.05, 0) is 32.1 Å². The molecule has 1 fully saturated rings. The lowest BCUT2D eigenvalue weighted by molar-refractivity contribution is -0.154. The number of urea groups is 1. The zero-order chi connectivity index (χ0) is 14.4. The van der Waals surface area contributed by atoms with Gasteiger partial charge in [-0.1, -0.05) is 12.2 Å². The van der Waals surface area contributed by atoms with Crippen LogP contribution in [-0.4, -0.2) is 42.9 Å². The third kappa shape index (κ3) is 3.72. The lowest BCUT2D eigenvalue weighted by Crippen LogP contribution is -2.50. The molecule has 2 amide bonds. The normalized spacial score (nSPS) is 24.9. The number of nitrogens with one attached hydrogen (secondary N) is 2. The molecule has 0 aromatic carbocycles. The number of hydrogen-bond acceptors (Lipinski definition) is 3. The van der Waals surface area contributed by atoms with E-state index in [1.165, 1.54) is 0 Å². The largest absolute Gasteiger partial charge is 0.481 e. The molecule has 0 radical (unpaired) electrons. The Kier molecular flexibility index (Phi) is 5.00. The molecule has 20 heavy (non-hydrogen) atoms. The number of aliphatic carboxylic acids is 1. The number of amides is 2. The van der Waals surface area contributed by atoms with E-state index < -0.39 is 11.4 Å². The molecule has 6 nitrogen and oxygen atoms in total. The molecule has 1 unspecified atom stereocenters. The summed E-state index contributed by atoms with van der Waals surface area (Å²) in [6.45, 7) is 1.02. The third-order valence-corrected chi connectivity index (χ3v) is 4.10. The molecule has 2 aliphatic rings. The Hall–Kier alpha value is -1.56. The monoisotopic (exact) mass is 282 g/mol. The van der Waals surface area contributed by atoms with Crippen LogP contribution < -0.4 is 10.6 Å². The average Bonchev–Trinajstić information content (AvgIpc) is 2.47. The molecule has 0 bridgehead atoms. The SMILES string of the molecule is O=C(NCC1(C(=O)O)CCOCC1)NC1CC=CCC1. The summed E-state index contributed by atoms with van der Waals surface area (Å²) < 4.78 is 5.20. The maximum Gasteiger partial charge on any atom is 0.315 e. The maximum atomic E-state index is 11.8. The van der Waals surface area contributed by atoms with Gasteiger partial charge in [0.1, 0.15) is 0 Å². The van der Waals surface area contributed by atoms with Crippen molar-refractivity contribution >= 4 is 12.0 Å². The number of carbonyl (C=O) groups excluding carboxylic acids is 1. The second-order valence-electron chi connectivity index (χ2n) is 5.51. The van der Waals surface area contributed by atoms with Gasteiger partial charge in [0.25, 0.3) is 0 Å². The number of carboxylic acids is 1. The van der Waals surface area contributed by atoms with E-state index in [9.17, 15) is 14.7 Å². The molecule has 6 heteroatoms. The average molecular weight is 282 g/mol. The van der Waals surface area contributed by atoms with Gasteiger partial charge in [-0.3, -0.25) is 4.79 Å². The fourth-order valence-corrected chi connectivity index (χ4v) is 2.64. The Morgan fingerprint density at radius 1 is 1.30 bits per heavy atom. The van der Waals surface area contributed by atoms with Crippen LogP contribution in [0, 0.1) is 5.41 Å². The van der Waals surface area contributed by atoms with Crippen molar-refractivity contribution in [2.45, 2.75) is 38.1 Å². The molecule has 1 heterocycles. The van der Waals surface area contributed by atoms with E-state index in [1.807, 2.05) is 0 Å². The van der Waals surface area contributed by atoms with Gasteiger partial charge in [0, 0.05) is 25.8 Å². The molecule has 0 aromatic rings. The van der Waals surface area contributed by atoms with Gasteiger partial charge < -0.3 is 20.5 Å². The molecule has 0 aromatic heterocycles. The van der Waals surface area contributed by atoms with Crippen molar-refractivity contribution in [2.24, 2.45) is 5.41 Å². The van der Waals surface area contributed by atoms with E-state index in [4.69, 9.17) is 4.74 Å². The first kappa shape index (κ1) is 14.8. The molecule has 1 saturated heterocycles. The minimum Gasteiger partial charge on any atom is -0.481 e. The topological polar surface area (TPSA) is 87.7 Å². The first-order valence-electron chi connectivity index (χ1n) is 7.13. The van der Waals surface area contributed by atoms with Gasteiger partial charge in [0.15, 0.2) is 0 Å². The van der Waals surface area contributed by atoms with Crippen LogP contribution in [-0.2, 0) is 9.53 Å². The van der Waals surface area contributed by atoms with Crippen molar-refractivity contribution in [2.75, 3.05) is 19.8 Å². The van der Waals surface area contributed by atoms with Gasteiger partial charge in [0.2, 0.25) is 0 Å². The predicted octanol–water partition coefficient (Wildman–Crippen LogP) is 1.28. The molecule has 1 atom stereocenters. The lowest BCUT2D eigenvalue weighted by Gasteiger charge is -2.33. The zero-order valence-electron chi connectivity index (χ0n) is 11.6. The highest BCUT2D eigenvalue weighted by molar-refractivity contribution is 5.78. The van der Waals surface area contributed by atoms with E-state index in [0.717, 1.165) is 19.3 Å². The Balaban J connectivity index is 1.81. The van der Waals surface area contributed by atoms with Crippen LogP contribution in [0.3, 0.4) is 0 Å². The first-order chi connectivity index (χ1) is 9.62. The summed E-state index contributed by atoms with van der Waals surface area (Å²) >= 11 is 0. The predicted molar refractivity (Wildman–Crippen MR) is 73.4 cm³/mol. The highest BCUT2D eigenvalue weighted by atomic mass is 16.5. The third-order valence-electron chi connectivity index (χ3n) is 4.10. The van der Waals surface area contributed by atoms with Crippen LogP contribution in [0.4, 0.5) is 4.79 Å². The number of rotatable bonds is 4. The Bertz CT molecular complexity index is 389. The van der Waals surface area contributed by atoms with Crippen LogP contribution >= 0.6 is 0 Å². The van der Waals surface area contributed by atoms with Crippen molar-refractivity contribution in [3.63, 3.8) is 0 Å². The quantitative estimate of drug-likeness (QED) is 0.678. The molecular weight excluding hydrogens is 260 g/mol. The van der Waals surface area contributed by atoms with Crippen molar-refractivity contribution in [3.8, 4) is 0 Å². The first-order valence-corrected chi connectivity index (χ1v) is 7.13. The fourth-order valence-electron chi connectivity index (χ4n) is 2.64. The number of ether oxygens (including phenoxy) is 1. The van der Waals surface area contributed by atoms with Crippen molar-refractivity contribution < 1.29 is 19.4 Å². The summed E-state index contributed by atoms with van der Waals surface area (Å²) in [6.07, 6.45) is 7.79. The highest BCUT2D eigenvalue weighted by Crippen LogP contribution is 2.30. The summed E-state index contributed by atoms with van der Waals surface area (Å²) in [4.78, 5) is 23.3. The molecule has 3 N–H and O–H groups in total. The minimum atomic E-state index is -0.887. The van der Waals surface area contributed by atoms with Gasteiger partial charge in [-0.15, -0.1) is 0 Å². The molecule has 0 spiro atoms. The van der Waals surface area contributed by atoms with E-state index in [-0.39, 0.29) is 18.6 Å². The van der Waals surface area contributed by atoms with Crippen molar-refractivity contribution in [3.05, 3.63) is 12.2 Å². The van der Waals surface area contributed by atoms with E-state index in [0.29, 0.717) is 26.1 Å². The van der Waals surface area contributed by atoms with Crippen LogP contribution in [0.15, 0.2) is 12.2 Å². The maximum absolute atomic E-state index is 11.8. The summed E-state index contributed by atoms with van der Waals surface area (Å²) in [7, 11) is 0. The van der Waals surface area contributed by atoms with Crippen LogP contribution in [0.25, 0.3) is 0 Å². The molecule has 2 rings (SSSR count). The highest BCUT2D eigenvalue weighted by Gasteiger charge is 2.40. The standard InChI is InChI=1S/C14H22N2O4/c17-12(18)14(6-8-20-9-7-14)10-15-13(19)16-11-4-2-1-3-5-11/h1-2,11H,3-10H2,(H,17,18)(H2,15,16,19). The van der Waals surface area contributed by atoms with Gasteiger partial charge >= 0.3 is 12.0 Å². The lowest BCUT2D eigenvalue weighted by atomic mass is 9.80. The zero-order valence-corrected chi connectivity index (χ0v) is 11.6. The molecule has 1 aliphatic heterocycles. The van der Waals surface area contributed by atoms with Gasteiger partial charge in [-0.25, -0.2) is 4.79 Å². The fraction of sp³-hybridized carbons (Fsp3) is 0.714. The smallest absolute Gasteiger partial charge is 0.315 e. The van der Waals surface area contributed by atoms with E-state index >= 15 is 0 Å².